The van der Waals surface area contributed by atoms with Crippen molar-refractivity contribution in [2.24, 2.45) is 4.99 Å². The Morgan fingerprint density at radius 1 is 1.29 bits per heavy atom. The summed E-state index contributed by atoms with van der Waals surface area (Å²) in [6, 6.07) is 7.84. The summed E-state index contributed by atoms with van der Waals surface area (Å²) in [6.07, 6.45) is 7.67. The molecule has 1 aromatic rings. The summed E-state index contributed by atoms with van der Waals surface area (Å²) in [5.41, 5.74) is 1.86. The minimum absolute atomic E-state index is 0.0395. The van der Waals surface area contributed by atoms with E-state index in [2.05, 4.69) is 40.3 Å². The molecular weight excluding hydrogens is 368 g/mol. The van der Waals surface area contributed by atoms with E-state index < -0.39 is 0 Å². The third-order valence-electron chi connectivity index (χ3n) is 5.73. The molecule has 5 nitrogen and oxygen atoms in total. The first kappa shape index (κ1) is 21.0. The van der Waals surface area contributed by atoms with Crippen molar-refractivity contribution in [3.63, 3.8) is 0 Å². The molecule has 1 heterocycles. The van der Waals surface area contributed by atoms with Gasteiger partial charge < -0.3 is 15.5 Å². The van der Waals surface area contributed by atoms with Crippen LogP contribution >= 0.6 is 11.8 Å². The second-order valence-electron chi connectivity index (χ2n) is 7.78. The molecule has 1 aromatic carbocycles. The largest absolute Gasteiger partial charge is 0.357 e. The van der Waals surface area contributed by atoms with E-state index in [1.54, 1.807) is 7.05 Å². The molecule has 1 saturated carbocycles. The summed E-state index contributed by atoms with van der Waals surface area (Å²) in [7, 11) is 1.66. The molecule has 1 aliphatic heterocycles. The van der Waals surface area contributed by atoms with Gasteiger partial charge in [0.1, 0.15) is 0 Å². The van der Waals surface area contributed by atoms with Crippen molar-refractivity contribution in [2.75, 3.05) is 39.0 Å². The van der Waals surface area contributed by atoms with Crippen LogP contribution in [0.1, 0.15) is 54.9 Å². The standard InChI is InChI=1S/C22H34N4OS/c1-3-24-21(26-14-15-28-22(17-26)11-5-4-6-12-22)25-13-10-18-8-7-9-19(16-18)20(27)23-2/h7-9,16H,3-6,10-15,17H2,1-2H3,(H,23,27)(H,24,25). The number of thioether (sulfide) groups is 1. The zero-order valence-electron chi connectivity index (χ0n) is 17.3. The maximum absolute atomic E-state index is 11.8. The molecule has 1 aliphatic carbocycles. The summed E-state index contributed by atoms with van der Waals surface area (Å²) in [5, 5.41) is 6.19. The topological polar surface area (TPSA) is 56.7 Å². The molecule has 0 unspecified atom stereocenters. The average molecular weight is 403 g/mol. The summed E-state index contributed by atoms with van der Waals surface area (Å²) in [6.45, 7) is 5.95. The van der Waals surface area contributed by atoms with E-state index in [9.17, 15) is 4.79 Å². The van der Waals surface area contributed by atoms with Crippen molar-refractivity contribution in [3.05, 3.63) is 35.4 Å². The zero-order valence-corrected chi connectivity index (χ0v) is 18.1. The van der Waals surface area contributed by atoms with E-state index in [-0.39, 0.29) is 5.91 Å². The van der Waals surface area contributed by atoms with Crippen molar-refractivity contribution < 1.29 is 4.79 Å². The number of hydrogen-bond donors (Lipinski definition) is 2. The number of nitrogens with one attached hydrogen (secondary N) is 2. The van der Waals surface area contributed by atoms with Gasteiger partial charge in [-0.05, 0) is 43.9 Å². The van der Waals surface area contributed by atoms with Gasteiger partial charge in [-0.25, -0.2) is 0 Å². The Bertz CT molecular complexity index is 679. The van der Waals surface area contributed by atoms with Gasteiger partial charge in [-0.2, -0.15) is 11.8 Å². The van der Waals surface area contributed by atoms with Crippen molar-refractivity contribution in [1.82, 2.24) is 15.5 Å². The SMILES string of the molecule is CCNC(=NCCc1cccc(C(=O)NC)c1)N1CCSC2(CCCCC2)C1. The third kappa shape index (κ3) is 5.43. The Labute approximate surface area is 173 Å². The minimum Gasteiger partial charge on any atom is -0.357 e. The molecule has 3 rings (SSSR count). The molecule has 6 heteroatoms. The van der Waals surface area contributed by atoms with E-state index in [0.717, 1.165) is 44.1 Å². The number of aliphatic imine (C=N–C) groups is 1. The van der Waals surface area contributed by atoms with Crippen molar-refractivity contribution in [3.8, 4) is 0 Å². The smallest absolute Gasteiger partial charge is 0.251 e. The molecule has 0 bridgehead atoms. The number of hydrogen-bond acceptors (Lipinski definition) is 3. The lowest BCUT2D eigenvalue weighted by atomic mass is 9.87. The van der Waals surface area contributed by atoms with E-state index in [1.807, 2.05) is 18.2 Å². The molecule has 2 fully saturated rings. The molecule has 0 atom stereocenters. The van der Waals surface area contributed by atoms with Crippen LogP contribution < -0.4 is 10.6 Å². The Hall–Kier alpha value is -1.69. The van der Waals surface area contributed by atoms with Crippen LogP contribution in [0.25, 0.3) is 0 Å². The fourth-order valence-electron chi connectivity index (χ4n) is 4.25. The van der Waals surface area contributed by atoms with Crippen LogP contribution in [0.4, 0.5) is 0 Å². The fraction of sp³-hybridized carbons (Fsp3) is 0.636. The first-order valence-corrected chi connectivity index (χ1v) is 11.6. The lowest BCUT2D eigenvalue weighted by Crippen LogP contribution is -2.53. The predicted octanol–water partition coefficient (Wildman–Crippen LogP) is 3.31. The molecule has 2 N–H and O–H groups in total. The summed E-state index contributed by atoms with van der Waals surface area (Å²) in [4.78, 5) is 19.2. The Morgan fingerprint density at radius 2 is 2.11 bits per heavy atom. The van der Waals surface area contributed by atoms with Gasteiger partial charge in [-0.3, -0.25) is 9.79 Å². The number of carbonyl (C=O) groups excluding carboxylic acids is 1. The third-order valence-corrected chi connectivity index (χ3v) is 7.26. The highest BCUT2D eigenvalue weighted by atomic mass is 32.2. The number of benzene rings is 1. The summed E-state index contributed by atoms with van der Waals surface area (Å²) >= 11 is 2.19. The van der Waals surface area contributed by atoms with Gasteiger partial charge in [0.05, 0.1) is 0 Å². The van der Waals surface area contributed by atoms with Crippen LogP contribution in [0.5, 0.6) is 0 Å². The lowest BCUT2D eigenvalue weighted by molar-refractivity contribution is 0.0963. The van der Waals surface area contributed by atoms with E-state index >= 15 is 0 Å². The molecule has 0 aromatic heterocycles. The molecule has 154 valence electrons. The lowest BCUT2D eigenvalue weighted by Gasteiger charge is -2.45. The van der Waals surface area contributed by atoms with Gasteiger partial charge in [0.25, 0.3) is 5.91 Å². The molecule has 1 spiro atoms. The second-order valence-corrected chi connectivity index (χ2v) is 9.34. The van der Waals surface area contributed by atoms with Crippen LogP contribution in [-0.2, 0) is 6.42 Å². The van der Waals surface area contributed by atoms with E-state index in [0.29, 0.717) is 10.3 Å². The van der Waals surface area contributed by atoms with Crippen molar-refractivity contribution in [1.29, 1.82) is 0 Å². The molecule has 2 aliphatic rings. The Kier molecular flexibility index (Phi) is 7.65. The predicted molar refractivity (Wildman–Crippen MR) is 119 cm³/mol. The van der Waals surface area contributed by atoms with Crippen LogP contribution in [0.3, 0.4) is 0 Å². The highest BCUT2D eigenvalue weighted by Gasteiger charge is 2.38. The van der Waals surface area contributed by atoms with Crippen molar-refractivity contribution >= 4 is 23.6 Å². The van der Waals surface area contributed by atoms with Crippen LogP contribution in [0.2, 0.25) is 0 Å². The van der Waals surface area contributed by atoms with Gasteiger partial charge in [0.2, 0.25) is 0 Å². The van der Waals surface area contributed by atoms with Crippen LogP contribution in [0, 0.1) is 0 Å². The minimum atomic E-state index is -0.0395. The maximum Gasteiger partial charge on any atom is 0.251 e. The molecule has 1 saturated heterocycles. The molecule has 28 heavy (non-hydrogen) atoms. The van der Waals surface area contributed by atoms with E-state index in [4.69, 9.17) is 4.99 Å². The normalized spacial score (nSPS) is 19.5. The highest BCUT2D eigenvalue weighted by Crippen LogP contribution is 2.42. The molecule has 0 radical (unpaired) electrons. The van der Waals surface area contributed by atoms with E-state index in [1.165, 1.54) is 37.9 Å². The first-order chi connectivity index (χ1) is 13.7. The Morgan fingerprint density at radius 3 is 2.86 bits per heavy atom. The van der Waals surface area contributed by atoms with Gasteiger partial charge >= 0.3 is 0 Å². The van der Waals surface area contributed by atoms with Gasteiger partial charge in [0, 0.05) is 49.3 Å². The monoisotopic (exact) mass is 402 g/mol. The number of nitrogens with zero attached hydrogens (tertiary/aromatic N) is 2. The number of carbonyl (C=O) groups is 1. The molecular formula is C22H34N4OS. The highest BCUT2D eigenvalue weighted by molar-refractivity contribution is 8.00. The van der Waals surface area contributed by atoms with Crippen LogP contribution in [0.15, 0.2) is 29.3 Å². The average Bonchev–Trinajstić information content (AvgIpc) is 2.73. The maximum atomic E-state index is 11.8. The number of rotatable bonds is 5. The van der Waals surface area contributed by atoms with Crippen LogP contribution in [-0.4, -0.2) is 60.5 Å². The first-order valence-electron chi connectivity index (χ1n) is 10.6. The van der Waals surface area contributed by atoms with Gasteiger partial charge in [-0.15, -0.1) is 0 Å². The number of amides is 1. The quantitative estimate of drug-likeness (QED) is 0.586. The summed E-state index contributed by atoms with van der Waals surface area (Å²) in [5.74, 6) is 2.20. The molecule has 1 amide bonds. The van der Waals surface area contributed by atoms with Gasteiger partial charge in [0.15, 0.2) is 5.96 Å². The second kappa shape index (κ2) is 10.2. The Balaban J connectivity index is 1.63. The summed E-state index contributed by atoms with van der Waals surface area (Å²) < 4.78 is 0.439. The van der Waals surface area contributed by atoms with Crippen molar-refractivity contribution in [2.45, 2.75) is 50.2 Å². The zero-order chi connectivity index (χ0) is 19.8. The van der Waals surface area contributed by atoms with Gasteiger partial charge in [-0.1, -0.05) is 31.4 Å². The number of guanidine groups is 1. The fourth-order valence-corrected chi connectivity index (χ4v) is 5.82.